The van der Waals surface area contributed by atoms with Crippen molar-refractivity contribution in [3.63, 3.8) is 0 Å². The predicted molar refractivity (Wildman–Crippen MR) is 117 cm³/mol. The topological polar surface area (TPSA) is 49.9 Å². The van der Waals surface area contributed by atoms with Crippen LogP contribution in [0, 0.1) is 12.8 Å². The fourth-order valence-corrected chi connectivity index (χ4v) is 4.04. The molecule has 1 aliphatic rings. The Hall–Kier alpha value is -2.34. The van der Waals surface area contributed by atoms with E-state index in [0.717, 1.165) is 21.3 Å². The van der Waals surface area contributed by atoms with Crippen LogP contribution >= 0.6 is 15.9 Å². The van der Waals surface area contributed by atoms with Crippen LogP contribution in [0.2, 0.25) is 0 Å². The quantitative estimate of drug-likeness (QED) is 0.671. The number of rotatable bonds is 5. The van der Waals surface area contributed by atoms with Gasteiger partial charge in [0.05, 0.1) is 7.11 Å². The van der Waals surface area contributed by atoms with Gasteiger partial charge in [0.15, 0.2) is 0 Å². The molecule has 0 spiro atoms. The summed E-state index contributed by atoms with van der Waals surface area (Å²) < 4.78 is 6.38. The van der Waals surface area contributed by atoms with E-state index in [1.165, 1.54) is 0 Å². The Bertz CT molecular complexity index is 874. The number of carbonyl (C=O) groups is 2. The van der Waals surface area contributed by atoms with Crippen molar-refractivity contribution in [2.75, 3.05) is 27.2 Å². The molecule has 154 valence electrons. The Morgan fingerprint density at radius 3 is 2.41 bits per heavy atom. The predicted octanol–water partition coefficient (Wildman–Crippen LogP) is 4.28. The van der Waals surface area contributed by atoms with Gasteiger partial charge in [0, 0.05) is 48.2 Å². The Balaban J connectivity index is 1.57. The van der Waals surface area contributed by atoms with Crippen LogP contribution in [0.15, 0.2) is 46.9 Å². The van der Waals surface area contributed by atoms with Gasteiger partial charge in [-0.05, 0) is 50.1 Å². The van der Waals surface area contributed by atoms with Crippen molar-refractivity contribution >= 4 is 27.7 Å². The van der Waals surface area contributed by atoms with Gasteiger partial charge in [-0.3, -0.25) is 9.59 Å². The summed E-state index contributed by atoms with van der Waals surface area (Å²) in [5.41, 5.74) is 2.83. The summed E-state index contributed by atoms with van der Waals surface area (Å²) >= 11 is 3.39. The summed E-state index contributed by atoms with van der Waals surface area (Å²) in [5, 5.41) is 0. The molecule has 0 saturated carbocycles. The van der Waals surface area contributed by atoms with Crippen molar-refractivity contribution in [2.24, 2.45) is 5.92 Å². The zero-order valence-corrected chi connectivity index (χ0v) is 18.7. The van der Waals surface area contributed by atoms with Crippen LogP contribution in [0.25, 0.3) is 0 Å². The lowest BCUT2D eigenvalue weighted by atomic mass is 9.94. The molecular weight excluding hydrogens is 432 g/mol. The van der Waals surface area contributed by atoms with Crippen molar-refractivity contribution in [2.45, 2.75) is 26.3 Å². The molecule has 1 aliphatic heterocycles. The third-order valence-electron chi connectivity index (χ3n) is 5.44. The molecule has 29 heavy (non-hydrogen) atoms. The van der Waals surface area contributed by atoms with Gasteiger partial charge in [0.25, 0.3) is 5.91 Å². The van der Waals surface area contributed by atoms with Crippen LogP contribution in [0.4, 0.5) is 0 Å². The fourth-order valence-electron chi connectivity index (χ4n) is 3.78. The van der Waals surface area contributed by atoms with Crippen molar-refractivity contribution < 1.29 is 14.3 Å². The zero-order chi connectivity index (χ0) is 21.0. The first-order valence-electron chi connectivity index (χ1n) is 9.82. The van der Waals surface area contributed by atoms with Gasteiger partial charge in [-0.1, -0.05) is 33.6 Å². The number of hydrogen-bond donors (Lipinski definition) is 0. The Kier molecular flexibility index (Phi) is 6.96. The van der Waals surface area contributed by atoms with Crippen LogP contribution in [-0.2, 0) is 11.3 Å². The number of piperidine rings is 1. The first-order chi connectivity index (χ1) is 13.9. The number of ether oxygens (including phenoxy) is 1. The van der Waals surface area contributed by atoms with E-state index in [9.17, 15) is 9.59 Å². The van der Waals surface area contributed by atoms with Gasteiger partial charge < -0.3 is 14.5 Å². The van der Waals surface area contributed by atoms with Crippen molar-refractivity contribution in [1.82, 2.24) is 9.80 Å². The van der Waals surface area contributed by atoms with Crippen LogP contribution in [-0.4, -0.2) is 48.9 Å². The molecule has 0 radical (unpaired) electrons. The molecule has 2 aromatic carbocycles. The maximum Gasteiger partial charge on any atom is 0.253 e. The lowest BCUT2D eigenvalue weighted by Crippen LogP contribution is -2.43. The number of benzene rings is 2. The van der Waals surface area contributed by atoms with Gasteiger partial charge in [0.2, 0.25) is 5.91 Å². The second-order valence-electron chi connectivity index (χ2n) is 7.58. The normalized spacial score (nSPS) is 14.6. The van der Waals surface area contributed by atoms with Gasteiger partial charge in [0.1, 0.15) is 5.75 Å². The minimum atomic E-state index is -0.0511. The summed E-state index contributed by atoms with van der Waals surface area (Å²) in [6.07, 6.45) is 1.38. The monoisotopic (exact) mass is 458 g/mol. The Morgan fingerprint density at radius 1 is 1.14 bits per heavy atom. The smallest absolute Gasteiger partial charge is 0.253 e. The molecule has 0 bridgehead atoms. The Morgan fingerprint density at radius 2 is 1.79 bits per heavy atom. The molecule has 0 atom stereocenters. The number of hydrogen-bond acceptors (Lipinski definition) is 3. The first-order valence-corrected chi connectivity index (χ1v) is 10.6. The minimum absolute atomic E-state index is 0.0289. The largest absolute Gasteiger partial charge is 0.496 e. The first kappa shape index (κ1) is 21.4. The molecule has 0 aliphatic carbocycles. The third-order valence-corrected chi connectivity index (χ3v) is 5.97. The highest BCUT2D eigenvalue weighted by molar-refractivity contribution is 9.10. The summed E-state index contributed by atoms with van der Waals surface area (Å²) in [7, 11) is 3.48. The second-order valence-corrected chi connectivity index (χ2v) is 8.50. The van der Waals surface area contributed by atoms with E-state index in [-0.39, 0.29) is 17.7 Å². The minimum Gasteiger partial charge on any atom is -0.496 e. The molecule has 3 rings (SSSR count). The summed E-state index contributed by atoms with van der Waals surface area (Å²) in [5.74, 6) is 0.903. The van der Waals surface area contributed by atoms with Crippen LogP contribution in [0.5, 0.6) is 5.75 Å². The van der Waals surface area contributed by atoms with E-state index in [2.05, 4.69) is 22.0 Å². The standard InChI is InChI=1S/C23H27BrN2O3/c1-16-4-9-21(29-3)19(14-16)15-25(2)22(27)18-10-12-26(13-11-18)23(28)17-5-7-20(24)8-6-17/h4-9,14,18H,10-13,15H2,1-3H3. The molecule has 0 N–H and O–H groups in total. The van der Waals surface area contributed by atoms with E-state index in [0.29, 0.717) is 38.0 Å². The summed E-state index contributed by atoms with van der Waals surface area (Å²) in [6, 6.07) is 13.4. The molecule has 6 heteroatoms. The Labute approximate surface area is 180 Å². The number of likely N-dealkylation sites (tertiary alicyclic amines) is 1. The van der Waals surface area contributed by atoms with Crippen molar-refractivity contribution in [3.8, 4) is 5.75 Å². The number of aryl methyl sites for hydroxylation is 1. The average Bonchev–Trinajstić information content (AvgIpc) is 2.73. The van der Waals surface area contributed by atoms with Crippen molar-refractivity contribution in [3.05, 3.63) is 63.6 Å². The molecule has 2 aromatic rings. The second kappa shape index (κ2) is 9.44. The summed E-state index contributed by atoms with van der Waals surface area (Å²) in [6.45, 7) is 3.75. The van der Waals surface area contributed by atoms with Crippen LogP contribution in [0.3, 0.4) is 0 Å². The van der Waals surface area contributed by atoms with E-state index < -0.39 is 0 Å². The highest BCUT2D eigenvalue weighted by Crippen LogP contribution is 2.25. The van der Waals surface area contributed by atoms with Gasteiger partial charge >= 0.3 is 0 Å². The molecule has 2 amide bonds. The zero-order valence-electron chi connectivity index (χ0n) is 17.2. The van der Waals surface area contributed by atoms with E-state index >= 15 is 0 Å². The SMILES string of the molecule is COc1ccc(C)cc1CN(C)C(=O)C1CCN(C(=O)c2ccc(Br)cc2)CC1. The van der Waals surface area contributed by atoms with E-state index in [1.807, 2.05) is 55.3 Å². The number of methoxy groups -OCH3 is 1. The van der Waals surface area contributed by atoms with Gasteiger partial charge in [-0.25, -0.2) is 0 Å². The summed E-state index contributed by atoms with van der Waals surface area (Å²) in [4.78, 5) is 29.2. The van der Waals surface area contributed by atoms with Crippen LogP contribution < -0.4 is 4.74 Å². The highest BCUT2D eigenvalue weighted by atomic mass is 79.9. The van der Waals surface area contributed by atoms with Gasteiger partial charge in [-0.15, -0.1) is 0 Å². The third kappa shape index (κ3) is 5.18. The van der Waals surface area contributed by atoms with Gasteiger partial charge in [-0.2, -0.15) is 0 Å². The number of carbonyl (C=O) groups excluding carboxylic acids is 2. The molecule has 5 nitrogen and oxygen atoms in total. The van der Waals surface area contributed by atoms with Crippen LogP contribution in [0.1, 0.15) is 34.3 Å². The number of amides is 2. The number of halogens is 1. The molecular formula is C23H27BrN2O3. The molecule has 0 aromatic heterocycles. The van der Waals surface area contributed by atoms with Crippen molar-refractivity contribution in [1.29, 1.82) is 0 Å². The average molecular weight is 459 g/mol. The lowest BCUT2D eigenvalue weighted by molar-refractivity contribution is -0.136. The van der Waals surface area contributed by atoms with E-state index in [1.54, 1.807) is 12.0 Å². The molecule has 1 heterocycles. The lowest BCUT2D eigenvalue weighted by Gasteiger charge is -2.33. The molecule has 0 unspecified atom stereocenters. The molecule has 1 fully saturated rings. The maximum absolute atomic E-state index is 12.9. The molecule has 1 saturated heterocycles. The highest BCUT2D eigenvalue weighted by Gasteiger charge is 2.29. The maximum atomic E-state index is 12.9. The van der Waals surface area contributed by atoms with E-state index in [4.69, 9.17) is 4.74 Å². The fraction of sp³-hybridized carbons (Fsp3) is 0.391. The number of nitrogens with zero attached hydrogens (tertiary/aromatic N) is 2.